The van der Waals surface area contributed by atoms with Crippen LogP contribution in [0, 0.1) is 11.3 Å². The highest BCUT2D eigenvalue weighted by Crippen LogP contribution is 2.21. The second kappa shape index (κ2) is 6.44. The molecule has 1 N–H and O–H groups in total. The predicted octanol–water partition coefficient (Wildman–Crippen LogP) is 0.674. The van der Waals surface area contributed by atoms with Crippen LogP contribution < -0.4 is 0 Å². The maximum Gasteiger partial charge on any atom is 0.318 e. The Hall–Kier alpha value is -1.02. The maximum absolute atomic E-state index is 10.4. The van der Waals surface area contributed by atoms with Crippen LogP contribution in [0.25, 0.3) is 0 Å². The van der Waals surface area contributed by atoms with Gasteiger partial charge in [-0.25, -0.2) is 0 Å². The first kappa shape index (κ1) is 13.0. The number of hydrogen-bond acceptors (Lipinski definition) is 5. The molecule has 0 fully saturated rings. The van der Waals surface area contributed by atoms with Crippen LogP contribution in [-0.2, 0) is 13.8 Å². The Bertz CT molecular complexity index is 263. The predicted molar refractivity (Wildman–Crippen MR) is 50.2 cm³/mol. The zero-order valence-electron chi connectivity index (χ0n) is 8.06. The standard InChI is InChI=1S/C7H13N2O4P/c1-6(12-3)9(5-4-8)7(2)13-14(10)11/h7,14H,1,5H2,2-3H3,(H,10,11). The van der Waals surface area contributed by atoms with Gasteiger partial charge in [0.15, 0.2) is 5.88 Å². The number of hydrogen-bond donors (Lipinski definition) is 1. The van der Waals surface area contributed by atoms with Crippen molar-refractivity contribution in [3.63, 3.8) is 0 Å². The first-order valence-electron chi connectivity index (χ1n) is 3.79. The monoisotopic (exact) mass is 220 g/mol. The summed E-state index contributed by atoms with van der Waals surface area (Å²) in [5.41, 5.74) is 0. The highest BCUT2D eigenvalue weighted by Gasteiger charge is 2.17. The largest absolute Gasteiger partial charge is 0.483 e. The molecule has 0 aromatic carbocycles. The van der Waals surface area contributed by atoms with Gasteiger partial charge in [-0.2, -0.15) is 5.26 Å². The van der Waals surface area contributed by atoms with Crippen LogP contribution >= 0.6 is 8.25 Å². The van der Waals surface area contributed by atoms with Crippen molar-refractivity contribution in [2.75, 3.05) is 13.7 Å². The zero-order valence-corrected chi connectivity index (χ0v) is 9.06. The Morgan fingerprint density at radius 1 is 1.86 bits per heavy atom. The SMILES string of the molecule is C=C(OC)N(CC#N)C(C)O[PH](=O)O. The highest BCUT2D eigenvalue weighted by atomic mass is 31.1. The smallest absolute Gasteiger partial charge is 0.318 e. The molecule has 0 amide bonds. The molecule has 0 saturated heterocycles. The van der Waals surface area contributed by atoms with Crippen LogP contribution in [0.1, 0.15) is 6.92 Å². The minimum Gasteiger partial charge on any atom is -0.483 e. The summed E-state index contributed by atoms with van der Waals surface area (Å²) in [4.78, 5) is 9.87. The maximum atomic E-state index is 10.4. The molecular formula is C7H13N2O4P. The second-order valence-corrected chi connectivity index (χ2v) is 3.13. The summed E-state index contributed by atoms with van der Waals surface area (Å²) < 4.78 is 19.8. The summed E-state index contributed by atoms with van der Waals surface area (Å²) in [7, 11) is -1.64. The van der Waals surface area contributed by atoms with Crippen molar-refractivity contribution < 1.29 is 18.7 Å². The first-order valence-corrected chi connectivity index (χ1v) is 5.05. The summed E-state index contributed by atoms with van der Waals surface area (Å²) in [6.07, 6.45) is -0.724. The van der Waals surface area contributed by atoms with Gasteiger partial charge >= 0.3 is 8.25 Å². The molecule has 0 spiro atoms. The summed E-state index contributed by atoms with van der Waals surface area (Å²) in [5, 5.41) is 8.49. The van der Waals surface area contributed by atoms with Gasteiger partial charge in [-0.05, 0) is 13.5 Å². The first-order chi connectivity index (χ1) is 6.52. The van der Waals surface area contributed by atoms with Gasteiger partial charge < -0.3 is 14.5 Å². The number of nitrogens with zero attached hydrogens (tertiary/aromatic N) is 2. The van der Waals surface area contributed by atoms with E-state index in [1.807, 2.05) is 6.07 Å². The minimum absolute atomic E-state index is 0.0248. The number of ether oxygens (including phenoxy) is 1. The second-order valence-electron chi connectivity index (χ2n) is 2.37. The molecule has 0 aliphatic rings. The van der Waals surface area contributed by atoms with Crippen LogP contribution in [-0.4, -0.2) is 29.7 Å². The molecule has 0 rings (SSSR count). The Morgan fingerprint density at radius 2 is 2.43 bits per heavy atom. The average molecular weight is 220 g/mol. The van der Waals surface area contributed by atoms with Gasteiger partial charge in [-0.1, -0.05) is 0 Å². The lowest BCUT2D eigenvalue weighted by atomic mass is 10.5. The molecule has 0 heterocycles. The van der Waals surface area contributed by atoms with E-state index in [0.717, 1.165) is 0 Å². The fraction of sp³-hybridized carbons (Fsp3) is 0.571. The van der Waals surface area contributed by atoms with Crippen LogP contribution in [0.5, 0.6) is 0 Å². The van der Waals surface area contributed by atoms with Crippen LogP contribution in [0.3, 0.4) is 0 Å². The third-order valence-electron chi connectivity index (χ3n) is 1.51. The molecule has 2 unspecified atom stereocenters. The Balaban J connectivity index is 4.41. The quantitative estimate of drug-likeness (QED) is 0.306. The van der Waals surface area contributed by atoms with E-state index in [9.17, 15) is 4.57 Å². The van der Waals surface area contributed by atoms with Gasteiger partial charge in [-0.15, -0.1) is 0 Å². The van der Waals surface area contributed by atoms with E-state index in [1.165, 1.54) is 18.9 Å². The van der Waals surface area contributed by atoms with E-state index in [-0.39, 0.29) is 12.4 Å². The van der Waals surface area contributed by atoms with Gasteiger partial charge in [0, 0.05) is 0 Å². The van der Waals surface area contributed by atoms with E-state index in [4.69, 9.17) is 14.9 Å². The molecule has 0 bridgehead atoms. The zero-order chi connectivity index (χ0) is 11.1. The van der Waals surface area contributed by atoms with Crippen molar-refractivity contribution >= 4 is 8.25 Å². The van der Waals surface area contributed by atoms with Gasteiger partial charge in [0.1, 0.15) is 12.8 Å². The topological polar surface area (TPSA) is 82.8 Å². The number of nitriles is 1. The van der Waals surface area contributed by atoms with Gasteiger partial charge in [0.25, 0.3) is 0 Å². The number of methoxy groups -OCH3 is 1. The molecule has 2 atom stereocenters. The van der Waals surface area contributed by atoms with E-state index >= 15 is 0 Å². The summed E-state index contributed by atoms with van der Waals surface area (Å²) in [6, 6.07) is 1.87. The van der Waals surface area contributed by atoms with Crippen molar-refractivity contribution in [3.05, 3.63) is 12.5 Å². The molecule has 0 saturated carbocycles. The van der Waals surface area contributed by atoms with E-state index in [1.54, 1.807) is 0 Å². The van der Waals surface area contributed by atoms with Gasteiger partial charge in [0.2, 0.25) is 0 Å². The molecule has 7 heteroatoms. The van der Waals surface area contributed by atoms with Crippen LogP contribution in [0.4, 0.5) is 0 Å². The van der Waals surface area contributed by atoms with Crippen LogP contribution in [0.2, 0.25) is 0 Å². The third-order valence-corrected chi connectivity index (χ3v) is 2.05. The highest BCUT2D eigenvalue weighted by molar-refractivity contribution is 7.32. The fourth-order valence-corrected chi connectivity index (χ4v) is 1.24. The molecule has 0 aliphatic carbocycles. The molecule has 0 aromatic rings. The molecule has 14 heavy (non-hydrogen) atoms. The molecule has 0 aliphatic heterocycles. The molecule has 6 nitrogen and oxygen atoms in total. The molecular weight excluding hydrogens is 207 g/mol. The molecule has 80 valence electrons. The summed E-state index contributed by atoms with van der Waals surface area (Å²) >= 11 is 0. The van der Waals surface area contributed by atoms with E-state index in [0.29, 0.717) is 0 Å². The van der Waals surface area contributed by atoms with Crippen molar-refractivity contribution in [1.82, 2.24) is 4.90 Å². The molecule has 0 aromatic heterocycles. The lowest BCUT2D eigenvalue weighted by molar-refractivity contribution is 0.0262. The van der Waals surface area contributed by atoms with Crippen molar-refractivity contribution in [1.29, 1.82) is 5.26 Å². The van der Waals surface area contributed by atoms with Crippen molar-refractivity contribution in [2.24, 2.45) is 0 Å². The summed E-state index contributed by atoms with van der Waals surface area (Å²) in [6.45, 7) is 5.02. The lowest BCUT2D eigenvalue weighted by Crippen LogP contribution is -2.33. The Morgan fingerprint density at radius 3 is 2.79 bits per heavy atom. The van der Waals surface area contributed by atoms with Gasteiger partial charge in [0.05, 0.1) is 13.2 Å². The Labute approximate surface area is 83.3 Å². The van der Waals surface area contributed by atoms with Crippen molar-refractivity contribution in [2.45, 2.75) is 13.2 Å². The minimum atomic E-state index is -3.04. The van der Waals surface area contributed by atoms with Crippen molar-refractivity contribution in [3.8, 4) is 6.07 Å². The fourth-order valence-electron chi connectivity index (χ4n) is 0.822. The molecule has 0 radical (unpaired) electrons. The van der Waals surface area contributed by atoms with E-state index in [2.05, 4.69) is 11.1 Å². The number of rotatable bonds is 6. The normalized spacial score (nSPS) is 13.9. The third kappa shape index (κ3) is 4.28. The van der Waals surface area contributed by atoms with E-state index < -0.39 is 14.5 Å². The van der Waals surface area contributed by atoms with Crippen LogP contribution in [0.15, 0.2) is 12.5 Å². The lowest BCUT2D eigenvalue weighted by Gasteiger charge is -2.27. The summed E-state index contributed by atoms with van der Waals surface area (Å²) in [5.74, 6) is 0.210. The average Bonchev–Trinajstić information content (AvgIpc) is 2.11. The Kier molecular flexibility index (Phi) is 5.97. The van der Waals surface area contributed by atoms with Gasteiger partial charge in [-0.3, -0.25) is 9.09 Å².